The van der Waals surface area contributed by atoms with Gasteiger partial charge in [-0.15, -0.1) is 0 Å². The summed E-state index contributed by atoms with van der Waals surface area (Å²) in [6, 6.07) is 0. The molecule has 7 N–H and O–H groups in total. The fraction of sp³-hybridized carbons (Fsp3) is 1.00. The Bertz CT molecular complexity index is 247. The Morgan fingerprint density at radius 1 is 0.882 bits per heavy atom. The monoisotopic (exact) mass is 254 g/mol. The molecule has 0 spiro atoms. The summed E-state index contributed by atoms with van der Waals surface area (Å²) in [4.78, 5) is 0. The predicted octanol–water partition coefficient (Wildman–Crippen LogP) is -4.11. The number of aliphatic hydroxyl groups is 7. The van der Waals surface area contributed by atoms with E-state index in [2.05, 4.69) is 4.74 Å². The van der Waals surface area contributed by atoms with Gasteiger partial charge in [-0.25, -0.2) is 0 Å². The lowest BCUT2D eigenvalue weighted by Gasteiger charge is -2.41. The van der Waals surface area contributed by atoms with Crippen molar-refractivity contribution in [2.24, 2.45) is 0 Å². The normalized spacial score (nSPS) is 44.1. The first-order valence-electron chi connectivity index (χ1n) is 5.19. The van der Waals surface area contributed by atoms with Crippen molar-refractivity contribution in [2.75, 3.05) is 0 Å². The first kappa shape index (κ1) is 14.7. The summed E-state index contributed by atoms with van der Waals surface area (Å²) >= 11 is 0. The molecule has 1 heterocycles. The number of rotatable bonds is 3. The molecule has 1 rings (SSSR count). The average Bonchev–Trinajstić information content (AvgIpc) is 2.29. The van der Waals surface area contributed by atoms with Crippen LogP contribution in [0.2, 0.25) is 0 Å². The van der Waals surface area contributed by atoms with E-state index < -0.39 is 49.0 Å². The van der Waals surface area contributed by atoms with Crippen LogP contribution < -0.4 is 0 Å². The molecule has 0 amide bonds. The molecule has 8 heteroatoms. The molecule has 0 aromatic carbocycles. The second kappa shape index (κ2) is 5.55. The minimum Gasteiger partial charge on any atom is -0.391 e. The summed E-state index contributed by atoms with van der Waals surface area (Å²) < 4.78 is 4.69. The third kappa shape index (κ3) is 2.92. The maximum atomic E-state index is 9.61. The fourth-order valence-corrected chi connectivity index (χ4v) is 1.65. The zero-order valence-corrected chi connectivity index (χ0v) is 9.16. The Kier molecular flexibility index (Phi) is 4.81. The summed E-state index contributed by atoms with van der Waals surface area (Å²) in [5, 5.41) is 65.3. The van der Waals surface area contributed by atoms with Crippen LogP contribution in [0, 0.1) is 0 Å². The molecule has 0 bridgehead atoms. The Hall–Kier alpha value is -0.320. The maximum Gasteiger partial charge on any atom is 0.184 e. The van der Waals surface area contributed by atoms with Crippen molar-refractivity contribution < 1.29 is 40.5 Å². The lowest BCUT2D eigenvalue weighted by atomic mass is 9.92. The van der Waals surface area contributed by atoms with Gasteiger partial charge in [0, 0.05) is 0 Å². The fourth-order valence-electron chi connectivity index (χ4n) is 1.65. The van der Waals surface area contributed by atoms with E-state index in [0.29, 0.717) is 0 Å². The van der Waals surface area contributed by atoms with E-state index in [9.17, 15) is 30.6 Å². The van der Waals surface area contributed by atoms with E-state index in [4.69, 9.17) is 5.11 Å². The number of hydrogen-bond donors (Lipinski definition) is 7. The zero-order chi connectivity index (χ0) is 13.3. The minimum absolute atomic E-state index is 1.21. The topological polar surface area (TPSA) is 151 Å². The van der Waals surface area contributed by atoms with Crippen LogP contribution in [0.25, 0.3) is 0 Å². The van der Waals surface area contributed by atoms with Gasteiger partial charge in [-0.05, 0) is 6.92 Å². The predicted molar refractivity (Wildman–Crippen MR) is 52.6 cm³/mol. The Labute approximate surface area is 97.3 Å². The van der Waals surface area contributed by atoms with Crippen molar-refractivity contribution in [3.05, 3.63) is 0 Å². The van der Waals surface area contributed by atoms with Crippen LogP contribution in [-0.2, 0) is 4.74 Å². The highest BCUT2D eigenvalue weighted by Crippen LogP contribution is 2.23. The molecule has 8 unspecified atom stereocenters. The van der Waals surface area contributed by atoms with E-state index in [-0.39, 0.29) is 0 Å². The van der Waals surface area contributed by atoms with Crippen LogP contribution in [0.4, 0.5) is 0 Å². The maximum absolute atomic E-state index is 9.61. The van der Waals surface area contributed by atoms with Crippen molar-refractivity contribution in [1.82, 2.24) is 0 Å². The van der Waals surface area contributed by atoms with Crippen molar-refractivity contribution in [3.63, 3.8) is 0 Å². The first-order chi connectivity index (χ1) is 7.77. The highest BCUT2D eigenvalue weighted by molar-refractivity contribution is 4.94. The Balaban J connectivity index is 2.76. The molecule has 0 aromatic rings. The van der Waals surface area contributed by atoms with Gasteiger partial charge >= 0.3 is 0 Å². The van der Waals surface area contributed by atoms with Gasteiger partial charge in [0.2, 0.25) is 0 Å². The summed E-state index contributed by atoms with van der Waals surface area (Å²) in [5.41, 5.74) is 0. The zero-order valence-electron chi connectivity index (χ0n) is 9.16. The highest BCUT2D eigenvalue weighted by atomic mass is 16.6. The van der Waals surface area contributed by atoms with Crippen LogP contribution in [0.15, 0.2) is 0 Å². The number of hydrogen-bond acceptors (Lipinski definition) is 8. The number of ether oxygens (including phenoxy) is 1. The largest absolute Gasteiger partial charge is 0.391 e. The summed E-state index contributed by atoms with van der Waals surface area (Å²) in [7, 11) is 0. The number of aliphatic hydroxyl groups excluding tert-OH is 7. The van der Waals surface area contributed by atoms with Gasteiger partial charge in [-0.1, -0.05) is 0 Å². The van der Waals surface area contributed by atoms with Gasteiger partial charge in [-0.2, -0.15) is 0 Å². The van der Waals surface area contributed by atoms with E-state index in [1.165, 1.54) is 6.92 Å². The SMILES string of the molecule is CC(O)C(O)C(O)C1OC(O)C(O)C(O)C1O. The minimum atomic E-state index is -1.80. The molecule has 1 aliphatic heterocycles. The molecule has 0 radical (unpaired) electrons. The molecule has 8 nitrogen and oxygen atoms in total. The van der Waals surface area contributed by atoms with Crippen molar-refractivity contribution in [1.29, 1.82) is 0 Å². The van der Waals surface area contributed by atoms with Crippen LogP contribution in [0.3, 0.4) is 0 Å². The molecule has 1 fully saturated rings. The summed E-state index contributed by atoms with van der Waals surface area (Å²) in [6.45, 7) is 1.21. The van der Waals surface area contributed by atoms with Crippen LogP contribution >= 0.6 is 0 Å². The third-order valence-corrected chi connectivity index (χ3v) is 2.81. The lowest BCUT2D eigenvalue weighted by Crippen LogP contribution is -2.63. The first-order valence-corrected chi connectivity index (χ1v) is 5.19. The van der Waals surface area contributed by atoms with E-state index in [0.717, 1.165) is 0 Å². The molecule has 0 aliphatic carbocycles. The van der Waals surface area contributed by atoms with Crippen LogP contribution in [0.5, 0.6) is 0 Å². The smallest absolute Gasteiger partial charge is 0.184 e. The molecule has 17 heavy (non-hydrogen) atoms. The molecule has 8 atom stereocenters. The van der Waals surface area contributed by atoms with Crippen LogP contribution in [0.1, 0.15) is 6.92 Å². The molecule has 0 aromatic heterocycles. The van der Waals surface area contributed by atoms with Gasteiger partial charge in [-0.3, -0.25) is 0 Å². The van der Waals surface area contributed by atoms with E-state index in [1.54, 1.807) is 0 Å². The Morgan fingerprint density at radius 3 is 1.88 bits per heavy atom. The van der Waals surface area contributed by atoms with E-state index >= 15 is 0 Å². The quantitative estimate of drug-likeness (QED) is 0.268. The lowest BCUT2D eigenvalue weighted by molar-refractivity contribution is -0.304. The highest BCUT2D eigenvalue weighted by Gasteiger charge is 2.47. The van der Waals surface area contributed by atoms with Gasteiger partial charge < -0.3 is 40.5 Å². The van der Waals surface area contributed by atoms with Crippen LogP contribution in [-0.4, -0.2) is 84.8 Å². The second-order valence-electron chi connectivity index (χ2n) is 4.18. The van der Waals surface area contributed by atoms with Crippen molar-refractivity contribution in [3.8, 4) is 0 Å². The summed E-state index contributed by atoms with van der Waals surface area (Å²) in [6.07, 6.45) is -13.1. The molecular weight excluding hydrogens is 236 g/mol. The molecular formula is C9H18O8. The molecule has 1 saturated heterocycles. The van der Waals surface area contributed by atoms with Crippen molar-refractivity contribution in [2.45, 2.75) is 55.9 Å². The van der Waals surface area contributed by atoms with Gasteiger partial charge in [0.15, 0.2) is 6.29 Å². The molecule has 0 saturated carbocycles. The molecule has 102 valence electrons. The molecule has 1 aliphatic rings. The average molecular weight is 254 g/mol. The second-order valence-corrected chi connectivity index (χ2v) is 4.18. The van der Waals surface area contributed by atoms with E-state index in [1.807, 2.05) is 0 Å². The van der Waals surface area contributed by atoms with Gasteiger partial charge in [0.05, 0.1) is 6.10 Å². The Morgan fingerprint density at radius 2 is 1.41 bits per heavy atom. The summed E-state index contributed by atoms with van der Waals surface area (Å²) in [5.74, 6) is 0. The van der Waals surface area contributed by atoms with Gasteiger partial charge in [0.1, 0.15) is 36.6 Å². The van der Waals surface area contributed by atoms with Gasteiger partial charge in [0.25, 0.3) is 0 Å². The third-order valence-electron chi connectivity index (χ3n) is 2.81. The standard InChI is InChI=1S/C9H18O8/c1-2(10)3(11)5(13)8-6(14)4(12)7(15)9(16)17-8/h2-16H,1H3. The van der Waals surface area contributed by atoms with Crippen molar-refractivity contribution >= 4 is 0 Å².